The van der Waals surface area contributed by atoms with Crippen molar-refractivity contribution in [2.75, 3.05) is 32.8 Å². The van der Waals surface area contributed by atoms with E-state index in [0.717, 1.165) is 43.7 Å². The third-order valence-corrected chi connectivity index (χ3v) is 5.18. The van der Waals surface area contributed by atoms with Crippen molar-refractivity contribution in [3.8, 4) is 5.75 Å². The number of aryl methyl sites for hydroxylation is 1. The van der Waals surface area contributed by atoms with Crippen LogP contribution in [0.15, 0.2) is 43.0 Å². The van der Waals surface area contributed by atoms with E-state index < -0.39 is 0 Å². The first-order valence-electron chi connectivity index (χ1n) is 8.97. The van der Waals surface area contributed by atoms with E-state index in [1.54, 1.807) is 0 Å². The highest BCUT2D eigenvalue weighted by molar-refractivity contribution is 5.27. The molecular formula is C19H26N4O. The molecule has 0 aliphatic carbocycles. The molecule has 0 bridgehead atoms. The molecule has 0 spiro atoms. The predicted molar refractivity (Wildman–Crippen MR) is 93.9 cm³/mol. The van der Waals surface area contributed by atoms with Crippen molar-refractivity contribution in [2.24, 2.45) is 11.8 Å². The summed E-state index contributed by atoms with van der Waals surface area (Å²) in [6.07, 6.45) is 6.63. The zero-order valence-corrected chi connectivity index (χ0v) is 14.1. The van der Waals surface area contributed by atoms with Crippen LogP contribution in [0.1, 0.15) is 12.0 Å². The molecule has 4 rings (SSSR count). The van der Waals surface area contributed by atoms with Gasteiger partial charge in [-0.05, 0) is 49.0 Å². The van der Waals surface area contributed by atoms with Crippen LogP contribution in [-0.4, -0.2) is 47.2 Å². The number of benzene rings is 1. The Morgan fingerprint density at radius 3 is 2.62 bits per heavy atom. The van der Waals surface area contributed by atoms with E-state index in [4.69, 9.17) is 4.74 Å². The fourth-order valence-corrected chi connectivity index (χ4v) is 3.89. The topological polar surface area (TPSA) is 42.3 Å². The van der Waals surface area contributed by atoms with E-state index in [0.29, 0.717) is 0 Å². The van der Waals surface area contributed by atoms with Crippen molar-refractivity contribution in [2.45, 2.75) is 19.5 Å². The number of nitrogens with one attached hydrogen (secondary N) is 1. The molecule has 2 aliphatic rings. The number of imidazole rings is 1. The van der Waals surface area contributed by atoms with E-state index in [1.165, 1.54) is 31.7 Å². The molecule has 0 radical (unpaired) electrons. The number of fused-ring (bicyclic) bond motifs is 1. The minimum atomic E-state index is 0.736. The maximum absolute atomic E-state index is 5.83. The van der Waals surface area contributed by atoms with Gasteiger partial charge in [0.2, 0.25) is 0 Å². The van der Waals surface area contributed by atoms with Gasteiger partial charge in [0.1, 0.15) is 5.75 Å². The number of likely N-dealkylation sites (tertiary alicyclic amines) is 1. The van der Waals surface area contributed by atoms with Gasteiger partial charge in [-0.25, -0.2) is 4.98 Å². The average molecular weight is 326 g/mol. The third-order valence-electron chi connectivity index (χ3n) is 5.18. The molecule has 2 fully saturated rings. The fraction of sp³-hybridized carbons (Fsp3) is 0.526. The molecule has 24 heavy (non-hydrogen) atoms. The van der Waals surface area contributed by atoms with Crippen LogP contribution in [0, 0.1) is 11.8 Å². The highest BCUT2D eigenvalue weighted by Crippen LogP contribution is 2.27. The molecule has 2 saturated heterocycles. The summed E-state index contributed by atoms with van der Waals surface area (Å²) in [7, 11) is 0. The zero-order valence-electron chi connectivity index (χ0n) is 14.1. The Kier molecular flexibility index (Phi) is 4.81. The average Bonchev–Trinajstić information content (AvgIpc) is 3.30. The van der Waals surface area contributed by atoms with E-state index in [-0.39, 0.29) is 0 Å². The van der Waals surface area contributed by atoms with Gasteiger partial charge in [-0.15, -0.1) is 0 Å². The lowest BCUT2D eigenvalue weighted by atomic mass is 10.0. The number of hydrogen-bond donors (Lipinski definition) is 1. The van der Waals surface area contributed by atoms with Crippen LogP contribution in [0.4, 0.5) is 0 Å². The van der Waals surface area contributed by atoms with E-state index >= 15 is 0 Å². The Hall–Kier alpha value is -1.85. The molecule has 0 amide bonds. The Morgan fingerprint density at radius 2 is 1.92 bits per heavy atom. The highest BCUT2D eigenvalue weighted by atomic mass is 16.5. The summed E-state index contributed by atoms with van der Waals surface area (Å²) in [6.45, 7) is 7.63. The third kappa shape index (κ3) is 3.79. The molecule has 0 saturated carbocycles. The molecular weight excluding hydrogens is 300 g/mol. The number of hydrogen-bond acceptors (Lipinski definition) is 4. The Balaban J connectivity index is 1.20. The summed E-state index contributed by atoms with van der Waals surface area (Å²) >= 11 is 0. The van der Waals surface area contributed by atoms with Crippen molar-refractivity contribution in [1.82, 2.24) is 19.8 Å². The van der Waals surface area contributed by atoms with Gasteiger partial charge in [0.25, 0.3) is 0 Å². The van der Waals surface area contributed by atoms with E-state index in [2.05, 4.69) is 44.0 Å². The molecule has 2 atom stereocenters. The molecule has 2 aliphatic heterocycles. The van der Waals surface area contributed by atoms with Crippen LogP contribution < -0.4 is 10.1 Å². The Labute approximate surface area is 143 Å². The van der Waals surface area contributed by atoms with Gasteiger partial charge in [0, 0.05) is 38.6 Å². The monoisotopic (exact) mass is 326 g/mol. The lowest BCUT2D eigenvalue weighted by Gasteiger charge is -2.17. The minimum absolute atomic E-state index is 0.736. The molecule has 0 unspecified atom stereocenters. The molecule has 3 heterocycles. The van der Waals surface area contributed by atoms with Crippen molar-refractivity contribution >= 4 is 0 Å². The quantitative estimate of drug-likeness (QED) is 0.791. The second-order valence-electron chi connectivity index (χ2n) is 7.02. The minimum Gasteiger partial charge on any atom is -0.494 e. The van der Waals surface area contributed by atoms with E-state index in [9.17, 15) is 0 Å². The predicted octanol–water partition coefficient (Wildman–Crippen LogP) is 2.00. The maximum Gasteiger partial charge on any atom is 0.119 e. The second-order valence-corrected chi connectivity index (χ2v) is 7.02. The van der Waals surface area contributed by atoms with Crippen molar-refractivity contribution < 1.29 is 4.74 Å². The molecule has 1 aromatic heterocycles. The number of aromatic nitrogens is 2. The maximum atomic E-state index is 5.83. The fourth-order valence-electron chi connectivity index (χ4n) is 3.89. The van der Waals surface area contributed by atoms with Crippen LogP contribution in [0.3, 0.4) is 0 Å². The lowest BCUT2D eigenvalue weighted by Crippen LogP contribution is -2.25. The first-order chi connectivity index (χ1) is 11.9. The zero-order chi connectivity index (χ0) is 16.2. The van der Waals surface area contributed by atoms with Gasteiger partial charge in [-0.2, -0.15) is 0 Å². The normalized spacial score (nSPS) is 23.5. The van der Waals surface area contributed by atoms with Crippen molar-refractivity contribution in [1.29, 1.82) is 0 Å². The van der Waals surface area contributed by atoms with Crippen LogP contribution in [-0.2, 0) is 13.1 Å². The number of nitrogens with zero attached hydrogens (tertiary/aromatic N) is 3. The van der Waals surface area contributed by atoms with Crippen molar-refractivity contribution in [3.63, 3.8) is 0 Å². The summed E-state index contributed by atoms with van der Waals surface area (Å²) in [6, 6.07) is 8.62. The van der Waals surface area contributed by atoms with Gasteiger partial charge in [0.05, 0.1) is 12.9 Å². The van der Waals surface area contributed by atoms with Crippen LogP contribution in [0.2, 0.25) is 0 Å². The Morgan fingerprint density at radius 1 is 1.12 bits per heavy atom. The summed E-state index contributed by atoms with van der Waals surface area (Å²) in [5.74, 6) is 2.69. The molecule has 1 aromatic carbocycles. The SMILES string of the molecule is c1cn(CCCOc2ccc(CN3C[C@H]4CNC[C@H]4C3)cc2)cn1. The molecule has 1 N–H and O–H groups in total. The second kappa shape index (κ2) is 7.36. The summed E-state index contributed by atoms with van der Waals surface area (Å²) < 4.78 is 7.91. The summed E-state index contributed by atoms with van der Waals surface area (Å²) in [4.78, 5) is 6.64. The summed E-state index contributed by atoms with van der Waals surface area (Å²) in [5, 5.41) is 3.50. The number of rotatable bonds is 7. The summed E-state index contributed by atoms with van der Waals surface area (Å²) in [5.41, 5.74) is 1.38. The lowest BCUT2D eigenvalue weighted by molar-refractivity contribution is 0.299. The smallest absolute Gasteiger partial charge is 0.119 e. The van der Waals surface area contributed by atoms with Gasteiger partial charge in [-0.3, -0.25) is 4.90 Å². The Bertz CT molecular complexity index is 613. The first-order valence-corrected chi connectivity index (χ1v) is 8.97. The van der Waals surface area contributed by atoms with Gasteiger partial charge < -0.3 is 14.6 Å². The van der Waals surface area contributed by atoms with Crippen molar-refractivity contribution in [3.05, 3.63) is 48.5 Å². The standard InChI is InChI=1S/C19H26N4O/c1(7-22-8-6-20-15-22)9-24-19-4-2-16(3-5-19)12-23-13-17-10-21-11-18(17)14-23/h2-6,8,15,17-18,21H,1,7,9-14H2/t17-,18+. The number of ether oxygens (including phenoxy) is 1. The van der Waals surface area contributed by atoms with Crippen LogP contribution in [0.25, 0.3) is 0 Å². The van der Waals surface area contributed by atoms with Gasteiger partial charge in [0.15, 0.2) is 0 Å². The van der Waals surface area contributed by atoms with Crippen LogP contribution >= 0.6 is 0 Å². The largest absolute Gasteiger partial charge is 0.494 e. The molecule has 2 aromatic rings. The molecule has 128 valence electrons. The van der Waals surface area contributed by atoms with Gasteiger partial charge in [-0.1, -0.05) is 12.1 Å². The molecule has 5 nitrogen and oxygen atoms in total. The molecule has 5 heteroatoms. The van der Waals surface area contributed by atoms with E-state index in [1.807, 2.05) is 18.7 Å². The first kappa shape index (κ1) is 15.7. The van der Waals surface area contributed by atoms with Gasteiger partial charge >= 0.3 is 0 Å². The van der Waals surface area contributed by atoms with Crippen LogP contribution in [0.5, 0.6) is 5.75 Å². The highest BCUT2D eigenvalue weighted by Gasteiger charge is 2.35.